The summed E-state index contributed by atoms with van der Waals surface area (Å²) < 4.78 is 1.15. The van der Waals surface area contributed by atoms with E-state index in [2.05, 4.69) is 16.4 Å². The first-order valence-electron chi connectivity index (χ1n) is 8.17. The second-order valence-electron chi connectivity index (χ2n) is 6.02. The van der Waals surface area contributed by atoms with Crippen molar-refractivity contribution in [3.05, 3.63) is 77.9 Å². The van der Waals surface area contributed by atoms with Crippen molar-refractivity contribution < 1.29 is 9.90 Å². The first-order valence-corrected chi connectivity index (χ1v) is 8.99. The summed E-state index contributed by atoms with van der Waals surface area (Å²) in [6.45, 7) is 1.79. The molecule has 4 rings (SSSR count). The Kier molecular flexibility index (Phi) is 4.14. The molecular formula is C21H16N2O2S. The fraction of sp³-hybridized carbons (Fsp3) is 0.0476. The summed E-state index contributed by atoms with van der Waals surface area (Å²) in [4.78, 5) is 17.0. The van der Waals surface area contributed by atoms with Crippen LogP contribution in [0.4, 0.5) is 5.69 Å². The van der Waals surface area contributed by atoms with Gasteiger partial charge in [-0.1, -0.05) is 24.3 Å². The number of carbonyl (C=O) groups excluding carboxylic acids is 1. The first kappa shape index (κ1) is 16.3. The Bertz CT molecular complexity index is 1070. The minimum Gasteiger partial charge on any atom is -0.508 e. The molecule has 0 saturated heterocycles. The SMILES string of the molecule is Cc1cc(NC(=O)c2ccc(-c3nc4ccccc4s3)cc2)ccc1O. The standard InChI is InChI=1S/C21H16N2O2S/c1-13-12-16(10-11-18(13)24)22-20(25)14-6-8-15(9-7-14)21-23-17-4-2-3-5-19(17)26-21/h2-12,24H,1H3,(H,22,25). The van der Waals surface area contributed by atoms with E-state index in [9.17, 15) is 9.90 Å². The number of thiazole rings is 1. The van der Waals surface area contributed by atoms with Gasteiger partial charge in [-0.15, -0.1) is 11.3 Å². The molecule has 128 valence electrons. The number of fused-ring (bicyclic) bond motifs is 1. The zero-order valence-electron chi connectivity index (χ0n) is 14.1. The van der Waals surface area contributed by atoms with E-state index in [4.69, 9.17) is 0 Å². The minimum absolute atomic E-state index is 0.189. The Morgan fingerprint density at radius 2 is 1.81 bits per heavy atom. The van der Waals surface area contributed by atoms with Crippen molar-refractivity contribution in [2.24, 2.45) is 0 Å². The highest BCUT2D eigenvalue weighted by atomic mass is 32.1. The monoisotopic (exact) mass is 360 g/mol. The molecule has 26 heavy (non-hydrogen) atoms. The van der Waals surface area contributed by atoms with E-state index in [-0.39, 0.29) is 11.7 Å². The second kappa shape index (κ2) is 6.61. The van der Waals surface area contributed by atoms with Crippen molar-refractivity contribution >= 4 is 33.1 Å². The van der Waals surface area contributed by atoms with Gasteiger partial charge in [0.05, 0.1) is 10.2 Å². The van der Waals surface area contributed by atoms with Gasteiger partial charge in [0.1, 0.15) is 10.8 Å². The van der Waals surface area contributed by atoms with Crippen LogP contribution in [0, 0.1) is 6.92 Å². The molecule has 1 aromatic heterocycles. The first-order chi connectivity index (χ1) is 12.6. The van der Waals surface area contributed by atoms with E-state index in [1.807, 2.05) is 30.3 Å². The molecule has 0 aliphatic carbocycles. The number of benzene rings is 3. The molecule has 0 spiro atoms. The van der Waals surface area contributed by atoms with Gasteiger partial charge in [0.2, 0.25) is 0 Å². The summed E-state index contributed by atoms with van der Waals surface area (Å²) in [5, 5.41) is 13.3. The van der Waals surface area contributed by atoms with E-state index in [1.54, 1.807) is 48.6 Å². The number of amides is 1. The van der Waals surface area contributed by atoms with Crippen LogP contribution in [0.5, 0.6) is 5.75 Å². The zero-order valence-corrected chi connectivity index (χ0v) is 14.9. The van der Waals surface area contributed by atoms with Crippen LogP contribution in [-0.2, 0) is 0 Å². The summed E-state index contributed by atoms with van der Waals surface area (Å²) in [7, 11) is 0. The molecule has 0 aliphatic rings. The number of hydrogen-bond acceptors (Lipinski definition) is 4. The molecule has 3 aromatic carbocycles. The van der Waals surface area contributed by atoms with Crippen molar-refractivity contribution in [1.29, 1.82) is 0 Å². The van der Waals surface area contributed by atoms with Crippen LogP contribution in [0.2, 0.25) is 0 Å². The molecule has 0 saturated carbocycles. The van der Waals surface area contributed by atoms with Crippen LogP contribution >= 0.6 is 11.3 Å². The van der Waals surface area contributed by atoms with E-state index in [0.717, 1.165) is 20.8 Å². The van der Waals surface area contributed by atoms with Gasteiger partial charge in [-0.05, 0) is 55.0 Å². The summed E-state index contributed by atoms with van der Waals surface area (Å²) in [6.07, 6.45) is 0. The van der Waals surface area contributed by atoms with Gasteiger partial charge < -0.3 is 10.4 Å². The van der Waals surface area contributed by atoms with Crippen molar-refractivity contribution in [3.8, 4) is 16.3 Å². The Labute approximate surface area is 154 Å². The molecule has 0 aliphatic heterocycles. The predicted octanol–water partition coefficient (Wildman–Crippen LogP) is 5.23. The lowest BCUT2D eigenvalue weighted by Gasteiger charge is -2.07. The highest BCUT2D eigenvalue weighted by molar-refractivity contribution is 7.21. The van der Waals surface area contributed by atoms with E-state index in [0.29, 0.717) is 16.8 Å². The number of hydrogen-bond donors (Lipinski definition) is 2. The average Bonchev–Trinajstić information content (AvgIpc) is 3.09. The number of nitrogens with one attached hydrogen (secondary N) is 1. The molecule has 0 atom stereocenters. The average molecular weight is 360 g/mol. The Hall–Kier alpha value is -3.18. The molecule has 0 bridgehead atoms. The van der Waals surface area contributed by atoms with E-state index in [1.165, 1.54) is 0 Å². The van der Waals surface area contributed by atoms with Gasteiger partial charge >= 0.3 is 0 Å². The minimum atomic E-state index is -0.189. The molecule has 4 nitrogen and oxygen atoms in total. The highest BCUT2D eigenvalue weighted by Crippen LogP contribution is 2.30. The largest absolute Gasteiger partial charge is 0.508 e. The fourth-order valence-electron chi connectivity index (χ4n) is 2.70. The maximum Gasteiger partial charge on any atom is 0.255 e. The van der Waals surface area contributed by atoms with Gasteiger partial charge in [0.25, 0.3) is 5.91 Å². The number of aromatic hydroxyl groups is 1. The van der Waals surface area contributed by atoms with Gasteiger partial charge in [0.15, 0.2) is 0 Å². The zero-order chi connectivity index (χ0) is 18.1. The third-order valence-electron chi connectivity index (χ3n) is 4.14. The molecular weight excluding hydrogens is 344 g/mol. The summed E-state index contributed by atoms with van der Waals surface area (Å²) >= 11 is 1.63. The summed E-state index contributed by atoms with van der Waals surface area (Å²) in [5.41, 5.74) is 3.91. The van der Waals surface area contributed by atoms with Crippen LogP contribution in [0.3, 0.4) is 0 Å². The maximum atomic E-state index is 12.4. The molecule has 5 heteroatoms. The lowest BCUT2D eigenvalue weighted by Crippen LogP contribution is -2.11. The lowest BCUT2D eigenvalue weighted by atomic mass is 10.1. The number of aryl methyl sites for hydroxylation is 1. The predicted molar refractivity (Wildman–Crippen MR) is 106 cm³/mol. The normalized spacial score (nSPS) is 10.8. The van der Waals surface area contributed by atoms with E-state index < -0.39 is 0 Å². The van der Waals surface area contributed by atoms with Crippen LogP contribution in [0.25, 0.3) is 20.8 Å². The number of aromatic nitrogens is 1. The Morgan fingerprint density at radius 3 is 2.54 bits per heavy atom. The third-order valence-corrected chi connectivity index (χ3v) is 5.23. The van der Waals surface area contributed by atoms with Gasteiger partial charge in [0, 0.05) is 16.8 Å². The highest BCUT2D eigenvalue weighted by Gasteiger charge is 2.10. The number of carbonyl (C=O) groups is 1. The Balaban J connectivity index is 1.54. The van der Waals surface area contributed by atoms with Crippen molar-refractivity contribution in [1.82, 2.24) is 4.98 Å². The lowest BCUT2D eigenvalue weighted by molar-refractivity contribution is 0.102. The topological polar surface area (TPSA) is 62.2 Å². The van der Waals surface area contributed by atoms with Crippen LogP contribution in [0.15, 0.2) is 66.7 Å². The van der Waals surface area contributed by atoms with Gasteiger partial charge in [-0.3, -0.25) is 4.79 Å². The molecule has 2 N–H and O–H groups in total. The quantitative estimate of drug-likeness (QED) is 0.492. The van der Waals surface area contributed by atoms with Crippen LogP contribution < -0.4 is 5.32 Å². The van der Waals surface area contributed by atoms with E-state index >= 15 is 0 Å². The maximum absolute atomic E-state index is 12.4. The molecule has 0 fully saturated rings. The second-order valence-corrected chi connectivity index (χ2v) is 7.05. The number of phenolic OH excluding ortho intramolecular Hbond substituents is 1. The molecule has 1 heterocycles. The van der Waals surface area contributed by atoms with Gasteiger partial charge in [-0.2, -0.15) is 0 Å². The van der Waals surface area contributed by atoms with Crippen molar-refractivity contribution in [2.45, 2.75) is 6.92 Å². The fourth-order valence-corrected chi connectivity index (χ4v) is 3.67. The summed E-state index contributed by atoms with van der Waals surface area (Å²) in [5.74, 6) is 0.0223. The molecule has 4 aromatic rings. The van der Waals surface area contributed by atoms with Crippen molar-refractivity contribution in [3.63, 3.8) is 0 Å². The number of rotatable bonds is 3. The van der Waals surface area contributed by atoms with Gasteiger partial charge in [-0.25, -0.2) is 4.98 Å². The molecule has 0 unspecified atom stereocenters. The smallest absolute Gasteiger partial charge is 0.255 e. The third kappa shape index (κ3) is 3.17. The Morgan fingerprint density at radius 1 is 1.04 bits per heavy atom. The van der Waals surface area contributed by atoms with Crippen LogP contribution in [-0.4, -0.2) is 16.0 Å². The number of phenols is 1. The summed E-state index contributed by atoms with van der Waals surface area (Å²) in [6, 6.07) is 20.4. The number of nitrogens with zero attached hydrogens (tertiary/aromatic N) is 1. The number of para-hydroxylation sites is 1. The van der Waals surface area contributed by atoms with Crippen molar-refractivity contribution in [2.75, 3.05) is 5.32 Å². The molecule has 1 amide bonds. The number of anilines is 1. The molecule has 0 radical (unpaired) electrons. The van der Waals surface area contributed by atoms with Crippen LogP contribution in [0.1, 0.15) is 15.9 Å².